The molecule has 0 unspecified atom stereocenters. The van der Waals surface area contributed by atoms with E-state index in [0.717, 1.165) is 53.9 Å². The number of hydrogen-bond donors (Lipinski definition) is 1. The van der Waals surface area contributed by atoms with Gasteiger partial charge in [0.15, 0.2) is 0 Å². The third-order valence-electron chi connectivity index (χ3n) is 4.67. The predicted molar refractivity (Wildman–Crippen MR) is 105 cm³/mol. The average molecular weight is 376 g/mol. The maximum atomic E-state index is 10.3. The van der Waals surface area contributed by atoms with Crippen molar-refractivity contribution in [3.8, 4) is 5.75 Å². The SMILES string of the molecule is Cc1cc(OC[C@@H](O)CN2CCN(c3ccccn3)CC2)cc(C)c1Cl. The van der Waals surface area contributed by atoms with Crippen molar-refractivity contribution >= 4 is 17.4 Å². The van der Waals surface area contributed by atoms with Crippen LogP contribution < -0.4 is 9.64 Å². The summed E-state index contributed by atoms with van der Waals surface area (Å²) in [5, 5.41) is 11.1. The molecule has 1 fully saturated rings. The number of benzene rings is 1. The second kappa shape index (κ2) is 8.71. The molecule has 2 aromatic rings. The van der Waals surface area contributed by atoms with E-state index in [9.17, 15) is 5.11 Å². The first-order chi connectivity index (χ1) is 12.5. The molecule has 1 N–H and O–H groups in total. The molecule has 140 valence electrons. The molecular formula is C20H26ClN3O2. The molecule has 1 aliphatic rings. The van der Waals surface area contributed by atoms with Crippen LogP contribution in [0.3, 0.4) is 0 Å². The van der Waals surface area contributed by atoms with Crippen LogP contribution in [-0.4, -0.2) is 60.4 Å². The molecule has 0 spiro atoms. The van der Waals surface area contributed by atoms with Gasteiger partial charge in [-0.25, -0.2) is 4.98 Å². The highest BCUT2D eigenvalue weighted by Gasteiger charge is 2.20. The van der Waals surface area contributed by atoms with Crippen molar-refractivity contribution in [2.45, 2.75) is 20.0 Å². The van der Waals surface area contributed by atoms with Crippen LogP contribution in [-0.2, 0) is 0 Å². The number of aryl methyl sites for hydroxylation is 2. The van der Waals surface area contributed by atoms with Crippen molar-refractivity contribution in [3.63, 3.8) is 0 Å². The summed E-state index contributed by atoms with van der Waals surface area (Å²) in [6.45, 7) is 8.46. The standard InChI is InChI=1S/C20H26ClN3O2/c1-15-11-18(12-16(2)20(15)21)26-14-17(25)13-23-7-9-24(10-8-23)19-5-3-4-6-22-19/h3-6,11-12,17,25H,7-10,13-14H2,1-2H3/t17-/m0/s1. The number of nitrogens with zero attached hydrogens (tertiary/aromatic N) is 3. The number of ether oxygens (including phenoxy) is 1. The largest absolute Gasteiger partial charge is 0.491 e. The zero-order valence-electron chi connectivity index (χ0n) is 15.4. The normalized spacial score (nSPS) is 16.5. The van der Waals surface area contributed by atoms with Crippen LogP contribution in [0.2, 0.25) is 5.02 Å². The summed E-state index contributed by atoms with van der Waals surface area (Å²) in [5.74, 6) is 1.77. The molecule has 0 saturated carbocycles. The van der Waals surface area contributed by atoms with E-state index in [1.165, 1.54) is 0 Å². The van der Waals surface area contributed by atoms with Crippen LogP contribution in [0.1, 0.15) is 11.1 Å². The highest BCUT2D eigenvalue weighted by atomic mass is 35.5. The lowest BCUT2D eigenvalue weighted by atomic mass is 10.1. The fourth-order valence-electron chi connectivity index (χ4n) is 3.23. The monoisotopic (exact) mass is 375 g/mol. The van der Waals surface area contributed by atoms with E-state index in [1.807, 2.05) is 50.4 Å². The minimum absolute atomic E-state index is 0.279. The fraction of sp³-hybridized carbons (Fsp3) is 0.450. The number of aromatic nitrogens is 1. The van der Waals surface area contributed by atoms with Crippen molar-refractivity contribution in [1.82, 2.24) is 9.88 Å². The molecule has 2 heterocycles. The fourth-order valence-corrected chi connectivity index (χ4v) is 3.34. The Morgan fingerprint density at radius 1 is 1.15 bits per heavy atom. The molecule has 0 radical (unpaired) electrons. The number of aliphatic hydroxyl groups is 1. The lowest BCUT2D eigenvalue weighted by Crippen LogP contribution is -2.49. The van der Waals surface area contributed by atoms with E-state index in [2.05, 4.69) is 14.8 Å². The average Bonchev–Trinajstić information content (AvgIpc) is 2.65. The van der Waals surface area contributed by atoms with Gasteiger partial charge in [0.2, 0.25) is 0 Å². The smallest absolute Gasteiger partial charge is 0.128 e. The highest BCUT2D eigenvalue weighted by molar-refractivity contribution is 6.32. The van der Waals surface area contributed by atoms with Gasteiger partial charge in [0.1, 0.15) is 24.3 Å². The molecule has 26 heavy (non-hydrogen) atoms. The predicted octanol–water partition coefficient (Wildman–Crippen LogP) is 2.91. The van der Waals surface area contributed by atoms with Gasteiger partial charge in [-0.3, -0.25) is 4.90 Å². The Bertz CT molecular complexity index is 695. The van der Waals surface area contributed by atoms with Gasteiger partial charge >= 0.3 is 0 Å². The maximum absolute atomic E-state index is 10.3. The van der Waals surface area contributed by atoms with Crippen LogP contribution in [0.5, 0.6) is 5.75 Å². The molecule has 3 rings (SSSR count). The van der Waals surface area contributed by atoms with E-state index in [-0.39, 0.29) is 6.61 Å². The minimum Gasteiger partial charge on any atom is -0.491 e. The van der Waals surface area contributed by atoms with Crippen molar-refractivity contribution < 1.29 is 9.84 Å². The van der Waals surface area contributed by atoms with E-state index in [0.29, 0.717) is 6.54 Å². The molecule has 1 atom stereocenters. The van der Waals surface area contributed by atoms with Gasteiger partial charge in [-0.15, -0.1) is 0 Å². The van der Waals surface area contributed by atoms with Crippen molar-refractivity contribution in [3.05, 3.63) is 52.7 Å². The molecular weight excluding hydrogens is 350 g/mol. The summed E-state index contributed by atoms with van der Waals surface area (Å²) < 4.78 is 5.76. The van der Waals surface area contributed by atoms with Crippen LogP contribution in [0.4, 0.5) is 5.82 Å². The molecule has 1 saturated heterocycles. The summed E-state index contributed by atoms with van der Waals surface area (Å²) >= 11 is 6.18. The lowest BCUT2D eigenvalue weighted by Gasteiger charge is -2.36. The van der Waals surface area contributed by atoms with Gasteiger partial charge in [0.25, 0.3) is 0 Å². The van der Waals surface area contributed by atoms with Crippen molar-refractivity contribution in [1.29, 1.82) is 0 Å². The Morgan fingerprint density at radius 3 is 2.46 bits per heavy atom. The number of halogens is 1. The third-order valence-corrected chi connectivity index (χ3v) is 5.26. The Morgan fingerprint density at radius 2 is 1.85 bits per heavy atom. The molecule has 5 nitrogen and oxygen atoms in total. The number of rotatable bonds is 6. The van der Waals surface area contributed by atoms with E-state index >= 15 is 0 Å². The first kappa shape index (κ1) is 19.0. The molecule has 0 aliphatic carbocycles. The van der Waals surface area contributed by atoms with Crippen molar-refractivity contribution in [2.24, 2.45) is 0 Å². The Balaban J connectivity index is 1.44. The Hall–Kier alpha value is -1.82. The van der Waals surface area contributed by atoms with E-state index in [4.69, 9.17) is 16.3 Å². The van der Waals surface area contributed by atoms with Gasteiger partial charge in [-0.05, 0) is 49.2 Å². The summed E-state index contributed by atoms with van der Waals surface area (Å²) in [7, 11) is 0. The number of anilines is 1. The number of pyridine rings is 1. The highest BCUT2D eigenvalue weighted by Crippen LogP contribution is 2.26. The molecule has 0 amide bonds. The summed E-state index contributed by atoms with van der Waals surface area (Å²) in [6, 6.07) is 9.80. The Kier molecular flexibility index (Phi) is 6.35. The number of hydrogen-bond acceptors (Lipinski definition) is 5. The summed E-state index contributed by atoms with van der Waals surface area (Å²) in [5.41, 5.74) is 1.98. The molecule has 1 aromatic carbocycles. The van der Waals surface area contributed by atoms with Gasteiger partial charge in [0.05, 0.1) is 0 Å². The van der Waals surface area contributed by atoms with Gasteiger partial charge in [-0.1, -0.05) is 17.7 Å². The second-order valence-corrected chi connectivity index (χ2v) is 7.19. The second-order valence-electron chi connectivity index (χ2n) is 6.81. The summed E-state index contributed by atoms with van der Waals surface area (Å²) in [4.78, 5) is 8.95. The minimum atomic E-state index is -0.521. The van der Waals surface area contributed by atoms with Crippen LogP contribution in [0, 0.1) is 13.8 Å². The van der Waals surface area contributed by atoms with E-state index < -0.39 is 6.10 Å². The van der Waals surface area contributed by atoms with Crippen molar-refractivity contribution in [2.75, 3.05) is 44.2 Å². The van der Waals surface area contributed by atoms with Gasteiger partial charge < -0.3 is 14.7 Å². The van der Waals surface area contributed by atoms with Crippen LogP contribution in [0.15, 0.2) is 36.5 Å². The lowest BCUT2D eigenvalue weighted by molar-refractivity contribution is 0.0662. The number of aliphatic hydroxyl groups excluding tert-OH is 1. The van der Waals surface area contributed by atoms with Gasteiger partial charge in [0, 0.05) is 43.9 Å². The summed E-state index contributed by atoms with van der Waals surface area (Å²) in [6.07, 6.45) is 1.30. The first-order valence-electron chi connectivity index (χ1n) is 8.99. The maximum Gasteiger partial charge on any atom is 0.128 e. The number of piperazine rings is 1. The van der Waals surface area contributed by atoms with Crippen LogP contribution in [0.25, 0.3) is 0 Å². The molecule has 1 aliphatic heterocycles. The van der Waals surface area contributed by atoms with E-state index in [1.54, 1.807) is 0 Å². The molecule has 1 aromatic heterocycles. The molecule has 6 heteroatoms. The van der Waals surface area contributed by atoms with Crippen LogP contribution >= 0.6 is 11.6 Å². The molecule has 0 bridgehead atoms. The topological polar surface area (TPSA) is 48.8 Å². The van der Waals surface area contributed by atoms with Gasteiger partial charge in [-0.2, -0.15) is 0 Å². The quantitative estimate of drug-likeness (QED) is 0.841. The first-order valence-corrected chi connectivity index (χ1v) is 9.36. The number of β-amino-alcohol motifs (C(OH)–C–C–N with tert-alkyl or cyclic N) is 1. The Labute approximate surface area is 160 Å². The zero-order chi connectivity index (χ0) is 18.5. The zero-order valence-corrected chi connectivity index (χ0v) is 16.1. The third kappa shape index (κ3) is 4.87.